The summed E-state index contributed by atoms with van der Waals surface area (Å²) in [7, 11) is -1.52. The zero-order chi connectivity index (χ0) is 15.8. The van der Waals surface area contributed by atoms with Crippen LogP contribution in [0.25, 0.3) is 0 Å². The molecule has 0 radical (unpaired) electrons. The van der Waals surface area contributed by atoms with Crippen molar-refractivity contribution in [1.82, 2.24) is 0 Å². The Morgan fingerprint density at radius 1 is 1.10 bits per heavy atom. The molecule has 0 fully saturated rings. The summed E-state index contributed by atoms with van der Waals surface area (Å²) in [5.41, 5.74) is 0.513. The normalized spacial score (nSPS) is 19.6. The molecule has 0 aliphatic rings. The Kier molecular flexibility index (Phi) is 10.1. The maximum atomic E-state index is 12.5. The predicted octanol–water partition coefficient (Wildman–Crippen LogP) is 5.89. The van der Waals surface area contributed by atoms with Crippen molar-refractivity contribution in [1.29, 1.82) is 0 Å². The Balaban J connectivity index is 4.80. The van der Waals surface area contributed by atoms with Gasteiger partial charge in [0.15, 0.2) is 0 Å². The van der Waals surface area contributed by atoms with Gasteiger partial charge in [0.05, 0.1) is 19.5 Å². The third-order valence-corrected chi connectivity index (χ3v) is 6.96. The first-order valence-corrected chi connectivity index (χ1v) is 10.1. The third-order valence-electron chi connectivity index (χ3n) is 4.41. The minimum absolute atomic E-state index is 0.119. The molecule has 4 unspecified atom stereocenters. The van der Waals surface area contributed by atoms with E-state index in [1.165, 1.54) is 0 Å². The van der Waals surface area contributed by atoms with Gasteiger partial charge in [-0.1, -0.05) is 48.0 Å². The van der Waals surface area contributed by atoms with Crippen LogP contribution in [0.5, 0.6) is 0 Å². The van der Waals surface area contributed by atoms with Gasteiger partial charge < -0.3 is 9.30 Å². The van der Waals surface area contributed by atoms with Crippen LogP contribution in [0.15, 0.2) is 0 Å². The highest BCUT2D eigenvalue weighted by atomic mass is 31.1. The van der Waals surface area contributed by atoms with Gasteiger partial charge in [0.2, 0.25) is 0 Å². The van der Waals surface area contributed by atoms with Gasteiger partial charge in [0.1, 0.15) is 0 Å². The molecule has 0 saturated carbocycles. The highest BCUT2D eigenvalue weighted by molar-refractivity contribution is 7.46. The first-order chi connectivity index (χ1) is 9.33. The van der Waals surface area contributed by atoms with E-state index in [1.54, 1.807) is 0 Å². The molecule has 0 saturated heterocycles. The SMILES string of the molecule is CCCC(CC)OC(C)(CC)CC(CC)[PH](=O)C(C)C. The number of ether oxygens (including phenoxy) is 1. The zero-order valence-corrected chi connectivity index (χ0v) is 15.8. The minimum atomic E-state index is -1.52. The highest BCUT2D eigenvalue weighted by Gasteiger charge is 2.32. The van der Waals surface area contributed by atoms with Gasteiger partial charge in [-0.25, -0.2) is 0 Å². The van der Waals surface area contributed by atoms with Crippen molar-refractivity contribution in [2.45, 2.75) is 110 Å². The van der Waals surface area contributed by atoms with Gasteiger partial charge in [-0.2, -0.15) is 0 Å². The first-order valence-electron chi connectivity index (χ1n) is 8.54. The molecule has 0 aromatic heterocycles. The van der Waals surface area contributed by atoms with Crippen molar-refractivity contribution in [2.24, 2.45) is 0 Å². The van der Waals surface area contributed by atoms with Crippen LogP contribution in [-0.4, -0.2) is 23.0 Å². The summed E-state index contributed by atoms with van der Waals surface area (Å²) in [6.07, 6.45) is 6.65. The number of hydrogen-bond acceptors (Lipinski definition) is 2. The summed E-state index contributed by atoms with van der Waals surface area (Å²) >= 11 is 0. The summed E-state index contributed by atoms with van der Waals surface area (Å²) in [4.78, 5) is 0. The quantitative estimate of drug-likeness (QED) is 0.445. The molecule has 0 bridgehead atoms. The second kappa shape index (κ2) is 10.0. The Morgan fingerprint density at radius 3 is 2.05 bits per heavy atom. The van der Waals surface area contributed by atoms with Gasteiger partial charge in [-0.3, -0.25) is 0 Å². The van der Waals surface area contributed by atoms with Crippen molar-refractivity contribution < 1.29 is 9.30 Å². The molecular weight excluding hydrogens is 267 g/mol. The topological polar surface area (TPSA) is 26.3 Å². The largest absolute Gasteiger partial charge is 0.372 e. The fourth-order valence-electron chi connectivity index (χ4n) is 2.79. The van der Waals surface area contributed by atoms with Gasteiger partial charge in [0.25, 0.3) is 0 Å². The smallest absolute Gasteiger partial charge is 0.0816 e. The maximum Gasteiger partial charge on any atom is 0.0816 e. The molecule has 20 heavy (non-hydrogen) atoms. The Morgan fingerprint density at radius 2 is 1.70 bits per heavy atom. The lowest BCUT2D eigenvalue weighted by Crippen LogP contribution is -2.36. The first kappa shape index (κ1) is 20.2. The van der Waals surface area contributed by atoms with Crippen molar-refractivity contribution >= 4 is 7.80 Å². The lowest BCUT2D eigenvalue weighted by atomic mass is 9.94. The van der Waals surface area contributed by atoms with E-state index in [-0.39, 0.29) is 5.60 Å². The summed E-state index contributed by atoms with van der Waals surface area (Å²) in [5.74, 6) is 0. The van der Waals surface area contributed by atoms with Gasteiger partial charge in [-0.05, 0) is 39.0 Å². The van der Waals surface area contributed by atoms with Crippen molar-refractivity contribution in [2.75, 3.05) is 0 Å². The van der Waals surface area contributed by atoms with Gasteiger partial charge in [0, 0.05) is 11.3 Å². The number of hydrogen-bond donors (Lipinski definition) is 0. The van der Waals surface area contributed by atoms with Crippen molar-refractivity contribution in [3.8, 4) is 0 Å². The second-order valence-corrected chi connectivity index (χ2v) is 9.38. The van der Waals surface area contributed by atoms with Crippen LogP contribution in [0.2, 0.25) is 0 Å². The van der Waals surface area contributed by atoms with E-state index in [0.29, 0.717) is 17.4 Å². The van der Waals surface area contributed by atoms with E-state index >= 15 is 0 Å². The van der Waals surface area contributed by atoms with E-state index in [4.69, 9.17) is 4.74 Å². The maximum absolute atomic E-state index is 12.5. The standard InChI is InChI=1S/C17H37O2P/c1-8-12-15(9-2)19-17(7,11-4)13-16(10-3)20(18)14(5)6/h14-16,20H,8-13H2,1-7H3. The van der Waals surface area contributed by atoms with Crippen LogP contribution in [0, 0.1) is 0 Å². The Labute approximate surface area is 127 Å². The van der Waals surface area contributed by atoms with Crippen molar-refractivity contribution in [3.63, 3.8) is 0 Å². The molecular formula is C17H37O2P. The minimum Gasteiger partial charge on any atom is -0.372 e. The summed E-state index contributed by atoms with van der Waals surface area (Å²) in [6.45, 7) is 15.1. The molecule has 2 nitrogen and oxygen atoms in total. The molecule has 0 aromatic rings. The second-order valence-electron chi connectivity index (χ2n) is 6.61. The average Bonchev–Trinajstić information content (AvgIpc) is 2.43. The van der Waals surface area contributed by atoms with Crippen LogP contribution in [0.4, 0.5) is 0 Å². The molecule has 122 valence electrons. The average molecular weight is 304 g/mol. The molecule has 0 aromatic carbocycles. The fraction of sp³-hybridized carbons (Fsp3) is 1.00. The predicted molar refractivity (Wildman–Crippen MR) is 91.6 cm³/mol. The van der Waals surface area contributed by atoms with Crippen LogP contribution < -0.4 is 0 Å². The molecule has 0 N–H and O–H groups in total. The van der Waals surface area contributed by atoms with E-state index in [9.17, 15) is 4.57 Å². The van der Waals surface area contributed by atoms with Crippen molar-refractivity contribution in [3.05, 3.63) is 0 Å². The van der Waals surface area contributed by atoms with E-state index in [1.807, 2.05) is 0 Å². The Bertz CT molecular complexity index is 278. The van der Waals surface area contributed by atoms with E-state index < -0.39 is 7.80 Å². The molecule has 0 aliphatic heterocycles. The monoisotopic (exact) mass is 304 g/mol. The van der Waals surface area contributed by atoms with Crippen LogP contribution >= 0.6 is 7.80 Å². The van der Waals surface area contributed by atoms with Gasteiger partial charge in [-0.15, -0.1) is 0 Å². The van der Waals surface area contributed by atoms with E-state index in [0.717, 1.165) is 38.5 Å². The molecule has 0 aliphatic carbocycles. The number of rotatable bonds is 11. The summed E-state index contributed by atoms with van der Waals surface area (Å²) < 4.78 is 18.9. The Hall–Kier alpha value is 0.190. The van der Waals surface area contributed by atoms with Crippen LogP contribution in [0.3, 0.4) is 0 Å². The van der Waals surface area contributed by atoms with Crippen LogP contribution in [0.1, 0.15) is 87.0 Å². The summed E-state index contributed by atoms with van der Waals surface area (Å²) in [6, 6.07) is 0. The third kappa shape index (κ3) is 6.76. The molecule has 4 atom stereocenters. The molecule has 3 heteroatoms. The van der Waals surface area contributed by atoms with Gasteiger partial charge >= 0.3 is 0 Å². The lowest BCUT2D eigenvalue weighted by Gasteiger charge is -2.36. The zero-order valence-electron chi connectivity index (χ0n) is 14.8. The lowest BCUT2D eigenvalue weighted by molar-refractivity contribution is -0.0940. The molecule has 0 heterocycles. The molecule has 0 spiro atoms. The summed E-state index contributed by atoms with van der Waals surface area (Å²) in [5, 5.41) is 0. The van der Waals surface area contributed by atoms with Crippen LogP contribution in [-0.2, 0) is 9.30 Å². The van der Waals surface area contributed by atoms with E-state index in [2.05, 4.69) is 48.5 Å². The highest BCUT2D eigenvalue weighted by Crippen LogP contribution is 2.42. The fourth-order valence-corrected chi connectivity index (χ4v) is 4.76. The molecule has 0 rings (SSSR count). The molecule has 0 amide bonds.